The number of carboxylic acids is 1. The van der Waals surface area contributed by atoms with Gasteiger partial charge in [0.25, 0.3) is 0 Å². The molecule has 0 aliphatic carbocycles. The number of amides is 1. The van der Waals surface area contributed by atoms with Gasteiger partial charge in [0.05, 0.1) is 12.3 Å². The van der Waals surface area contributed by atoms with Crippen LogP contribution >= 0.6 is 11.3 Å². The summed E-state index contributed by atoms with van der Waals surface area (Å²) in [6, 6.07) is 14.2. The van der Waals surface area contributed by atoms with E-state index in [1.165, 1.54) is 17.4 Å². The van der Waals surface area contributed by atoms with Crippen molar-refractivity contribution in [3.05, 3.63) is 63.8 Å². The molecular weight excluding hydrogens is 390 g/mol. The van der Waals surface area contributed by atoms with Crippen LogP contribution in [0.2, 0.25) is 0 Å². The maximum atomic E-state index is 12.5. The number of nitrogens with one attached hydrogen (secondary N) is 1. The molecule has 0 bridgehead atoms. The third kappa shape index (κ3) is 3.45. The van der Waals surface area contributed by atoms with Crippen molar-refractivity contribution < 1.29 is 24.5 Å². The highest BCUT2D eigenvalue weighted by Gasteiger charge is 2.34. The first-order valence-electron chi connectivity index (χ1n) is 9.20. The second-order valence-electron chi connectivity index (χ2n) is 6.68. The van der Waals surface area contributed by atoms with Crippen molar-refractivity contribution in [2.45, 2.75) is 19.3 Å². The number of fused-ring (bicyclic) bond motifs is 1. The average Bonchev–Trinajstić information content (AvgIpc) is 3.09. The number of hydrogen-bond acceptors (Lipinski definition) is 5. The van der Waals surface area contributed by atoms with E-state index < -0.39 is 5.97 Å². The first-order chi connectivity index (χ1) is 14.0. The number of hydrogen-bond donors (Lipinski definition) is 3. The molecule has 1 aliphatic rings. The number of rotatable bonds is 5. The van der Waals surface area contributed by atoms with Gasteiger partial charge < -0.3 is 20.3 Å². The van der Waals surface area contributed by atoms with Crippen molar-refractivity contribution in [3.8, 4) is 22.6 Å². The number of phenolic OH excluding ortho intramolecular Hbond substituents is 1. The molecule has 0 fully saturated rings. The minimum Gasteiger partial charge on any atom is -0.504 e. The second kappa shape index (κ2) is 7.60. The van der Waals surface area contributed by atoms with Crippen molar-refractivity contribution in [2.24, 2.45) is 0 Å². The van der Waals surface area contributed by atoms with Crippen LogP contribution in [0.4, 0.5) is 5.69 Å². The molecule has 1 atom stereocenters. The standard InChI is InChI=1S/C22H19NO5S/c1-2-28-16-10-13(8-9-15(16)24)14-11-17(25)23-19-18(12-6-4-3-5-7-12)21(22(26)27)29-20(14)19/h3-10,14,24H,2,11H2,1H3,(H,23,25)(H,26,27)/t14-/m1/s1. The van der Waals surface area contributed by atoms with E-state index in [9.17, 15) is 19.8 Å². The maximum absolute atomic E-state index is 12.5. The quantitative estimate of drug-likeness (QED) is 0.568. The zero-order valence-corrected chi connectivity index (χ0v) is 16.5. The van der Waals surface area contributed by atoms with Gasteiger partial charge in [-0.2, -0.15) is 0 Å². The van der Waals surface area contributed by atoms with Crippen LogP contribution in [0.5, 0.6) is 11.5 Å². The first kappa shape index (κ1) is 19.0. The maximum Gasteiger partial charge on any atom is 0.346 e. The van der Waals surface area contributed by atoms with E-state index in [0.29, 0.717) is 23.6 Å². The Labute approximate surface area is 171 Å². The van der Waals surface area contributed by atoms with E-state index in [4.69, 9.17) is 4.74 Å². The normalized spacial score (nSPS) is 15.5. The summed E-state index contributed by atoms with van der Waals surface area (Å²) in [6.07, 6.45) is 0.192. The van der Waals surface area contributed by atoms with Gasteiger partial charge in [-0.05, 0) is 30.2 Å². The molecular formula is C22H19NO5S. The summed E-state index contributed by atoms with van der Waals surface area (Å²) < 4.78 is 5.48. The number of ether oxygens (including phenoxy) is 1. The zero-order chi connectivity index (χ0) is 20.5. The predicted molar refractivity (Wildman–Crippen MR) is 111 cm³/mol. The van der Waals surface area contributed by atoms with E-state index in [0.717, 1.165) is 16.0 Å². The molecule has 7 heteroatoms. The Hall–Kier alpha value is -3.32. The molecule has 1 aromatic heterocycles. The molecule has 2 aromatic carbocycles. The van der Waals surface area contributed by atoms with Crippen molar-refractivity contribution in [1.82, 2.24) is 0 Å². The molecule has 3 aromatic rings. The van der Waals surface area contributed by atoms with Crippen LogP contribution in [0.15, 0.2) is 48.5 Å². The molecule has 1 aliphatic heterocycles. The van der Waals surface area contributed by atoms with Gasteiger partial charge in [0, 0.05) is 22.8 Å². The SMILES string of the molecule is CCOc1cc([C@H]2CC(=O)Nc3c2sc(C(=O)O)c3-c2ccccc2)ccc1O. The van der Waals surface area contributed by atoms with Crippen LogP contribution in [0.3, 0.4) is 0 Å². The lowest BCUT2D eigenvalue weighted by Gasteiger charge is -2.24. The predicted octanol–water partition coefficient (Wildman–Crippen LogP) is 4.69. The van der Waals surface area contributed by atoms with Gasteiger partial charge in [0.1, 0.15) is 4.88 Å². The Balaban J connectivity index is 1.89. The number of phenols is 1. The zero-order valence-electron chi connectivity index (χ0n) is 15.6. The molecule has 4 rings (SSSR count). The fourth-order valence-corrected chi connectivity index (χ4v) is 4.85. The molecule has 6 nitrogen and oxygen atoms in total. The molecule has 0 saturated heterocycles. The van der Waals surface area contributed by atoms with Crippen LogP contribution < -0.4 is 10.1 Å². The largest absolute Gasteiger partial charge is 0.504 e. The highest BCUT2D eigenvalue weighted by Crippen LogP contribution is 2.50. The molecule has 0 spiro atoms. The van der Waals surface area contributed by atoms with Crippen molar-refractivity contribution in [2.75, 3.05) is 11.9 Å². The lowest BCUT2D eigenvalue weighted by atomic mass is 9.88. The molecule has 0 radical (unpaired) electrons. The number of anilines is 1. The van der Waals surface area contributed by atoms with Gasteiger partial charge in [-0.25, -0.2) is 4.79 Å². The van der Waals surface area contributed by atoms with Gasteiger partial charge in [0.2, 0.25) is 5.91 Å². The Morgan fingerprint density at radius 3 is 2.69 bits per heavy atom. The molecule has 3 N–H and O–H groups in total. The number of thiophene rings is 1. The molecule has 1 amide bonds. The van der Waals surface area contributed by atoms with E-state index in [1.807, 2.05) is 37.3 Å². The third-order valence-electron chi connectivity index (χ3n) is 4.85. The summed E-state index contributed by atoms with van der Waals surface area (Å²) in [5.74, 6) is -1.16. The minimum absolute atomic E-state index is 0.0264. The van der Waals surface area contributed by atoms with Gasteiger partial charge in [-0.15, -0.1) is 11.3 Å². The van der Waals surface area contributed by atoms with Gasteiger partial charge in [-0.3, -0.25) is 4.79 Å². The molecule has 148 valence electrons. The summed E-state index contributed by atoms with van der Waals surface area (Å²) in [5.41, 5.74) is 2.61. The van der Waals surface area contributed by atoms with Gasteiger partial charge in [-0.1, -0.05) is 36.4 Å². The third-order valence-corrected chi connectivity index (χ3v) is 6.14. The molecule has 29 heavy (non-hydrogen) atoms. The highest BCUT2D eigenvalue weighted by atomic mass is 32.1. The molecule has 0 unspecified atom stereocenters. The number of carboxylic acid groups (broad SMARTS) is 1. The summed E-state index contributed by atoms with van der Waals surface area (Å²) in [6.45, 7) is 2.22. The van der Waals surface area contributed by atoms with Crippen LogP contribution in [-0.2, 0) is 4.79 Å². The van der Waals surface area contributed by atoms with Gasteiger partial charge in [0.15, 0.2) is 11.5 Å². The lowest BCUT2D eigenvalue weighted by molar-refractivity contribution is -0.116. The number of aromatic carboxylic acids is 1. The van der Waals surface area contributed by atoms with E-state index >= 15 is 0 Å². The van der Waals surface area contributed by atoms with E-state index in [-0.39, 0.29) is 28.9 Å². The van der Waals surface area contributed by atoms with Crippen LogP contribution in [0, 0.1) is 0 Å². The van der Waals surface area contributed by atoms with Crippen LogP contribution in [0.25, 0.3) is 11.1 Å². The minimum atomic E-state index is -1.03. The smallest absolute Gasteiger partial charge is 0.346 e. The van der Waals surface area contributed by atoms with Gasteiger partial charge >= 0.3 is 5.97 Å². The Kier molecular flexibility index (Phi) is 4.98. The van der Waals surface area contributed by atoms with Crippen molar-refractivity contribution >= 4 is 28.9 Å². The van der Waals surface area contributed by atoms with Crippen LogP contribution in [0.1, 0.15) is 39.4 Å². The Morgan fingerprint density at radius 2 is 2.00 bits per heavy atom. The Morgan fingerprint density at radius 1 is 1.24 bits per heavy atom. The van der Waals surface area contributed by atoms with Crippen molar-refractivity contribution in [3.63, 3.8) is 0 Å². The average molecular weight is 409 g/mol. The summed E-state index contributed by atoms with van der Waals surface area (Å²) in [4.78, 5) is 25.5. The summed E-state index contributed by atoms with van der Waals surface area (Å²) in [5, 5.41) is 22.7. The highest BCUT2D eigenvalue weighted by molar-refractivity contribution is 7.15. The Bertz CT molecular complexity index is 1090. The van der Waals surface area contributed by atoms with E-state index in [1.54, 1.807) is 12.1 Å². The summed E-state index contributed by atoms with van der Waals surface area (Å²) >= 11 is 1.18. The number of aromatic hydroxyl groups is 1. The number of carbonyl (C=O) groups excluding carboxylic acids is 1. The lowest BCUT2D eigenvalue weighted by Crippen LogP contribution is -2.22. The molecule has 0 saturated carbocycles. The van der Waals surface area contributed by atoms with Crippen molar-refractivity contribution in [1.29, 1.82) is 0 Å². The fraction of sp³-hybridized carbons (Fsp3) is 0.182. The summed E-state index contributed by atoms with van der Waals surface area (Å²) in [7, 11) is 0. The second-order valence-corrected chi connectivity index (χ2v) is 7.73. The fourth-order valence-electron chi connectivity index (χ4n) is 3.61. The van der Waals surface area contributed by atoms with E-state index in [2.05, 4.69) is 5.32 Å². The first-order valence-corrected chi connectivity index (χ1v) is 10.0. The monoisotopic (exact) mass is 409 g/mol. The van der Waals surface area contributed by atoms with Crippen LogP contribution in [-0.4, -0.2) is 28.7 Å². The number of benzene rings is 2. The topological polar surface area (TPSA) is 95.9 Å². The number of carbonyl (C=O) groups is 2. The molecule has 2 heterocycles.